The van der Waals surface area contributed by atoms with Crippen LogP contribution in [-0.2, 0) is 0 Å². The van der Waals surface area contributed by atoms with E-state index in [0.717, 1.165) is 10.4 Å². The molecule has 0 bridgehead atoms. The fraction of sp³-hybridized carbons (Fsp3) is 0.455. The molecule has 1 heterocycles. The summed E-state index contributed by atoms with van der Waals surface area (Å²) < 4.78 is 0.736. The van der Waals surface area contributed by atoms with Gasteiger partial charge in [-0.3, -0.25) is 4.79 Å². The Labute approximate surface area is 109 Å². The standard InChI is InChI=1S/C11H15BrN2OS/c1-8(7-16-2)5-14-11(15)9-3-4-10(12)13-6-9/h3-4,6,8H,5,7H2,1-2H3,(H,14,15). The topological polar surface area (TPSA) is 42.0 Å². The van der Waals surface area contributed by atoms with Gasteiger partial charge in [0.2, 0.25) is 0 Å². The summed E-state index contributed by atoms with van der Waals surface area (Å²) in [5.74, 6) is 1.48. The number of hydrogen-bond acceptors (Lipinski definition) is 3. The molecule has 16 heavy (non-hydrogen) atoms. The number of rotatable bonds is 5. The highest BCUT2D eigenvalue weighted by molar-refractivity contribution is 9.10. The Bertz CT molecular complexity index is 342. The van der Waals surface area contributed by atoms with E-state index in [2.05, 4.69) is 39.4 Å². The van der Waals surface area contributed by atoms with Gasteiger partial charge in [-0.05, 0) is 46.0 Å². The van der Waals surface area contributed by atoms with Crippen LogP contribution in [0.25, 0.3) is 0 Å². The molecule has 5 heteroatoms. The van der Waals surface area contributed by atoms with Crippen LogP contribution < -0.4 is 5.32 Å². The minimum absolute atomic E-state index is 0.0621. The third kappa shape index (κ3) is 4.53. The smallest absolute Gasteiger partial charge is 0.252 e. The van der Waals surface area contributed by atoms with Crippen molar-refractivity contribution in [3.8, 4) is 0 Å². The first-order chi connectivity index (χ1) is 7.63. The Morgan fingerprint density at radius 2 is 2.38 bits per heavy atom. The van der Waals surface area contributed by atoms with Crippen molar-refractivity contribution < 1.29 is 4.79 Å². The van der Waals surface area contributed by atoms with Crippen LogP contribution in [0.15, 0.2) is 22.9 Å². The highest BCUT2D eigenvalue weighted by Crippen LogP contribution is 2.07. The van der Waals surface area contributed by atoms with Crippen molar-refractivity contribution in [3.05, 3.63) is 28.5 Å². The molecule has 1 atom stereocenters. The number of amides is 1. The maximum Gasteiger partial charge on any atom is 0.252 e. The monoisotopic (exact) mass is 302 g/mol. The second-order valence-electron chi connectivity index (χ2n) is 3.64. The largest absolute Gasteiger partial charge is 0.352 e. The molecule has 88 valence electrons. The molecule has 0 aromatic carbocycles. The van der Waals surface area contributed by atoms with Gasteiger partial charge >= 0.3 is 0 Å². The summed E-state index contributed by atoms with van der Waals surface area (Å²) in [5, 5.41) is 2.90. The molecular weight excluding hydrogens is 288 g/mol. The first kappa shape index (κ1) is 13.5. The van der Waals surface area contributed by atoms with E-state index in [1.165, 1.54) is 0 Å². The summed E-state index contributed by atoms with van der Waals surface area (Å²) in [6.45, 7) is 2.83. The minimum atomic E-state index is -0.0621. The lowest BCUT2D eigenvalue weighted by atomic mass is 10.2. The Balaban J connectivity index is 2.43. The zero-order valence-electron chi connectivity index (χ0n) is 9.37. The Kier molecular flexibility index (Phi) is 5.84. The van der Waals surface area contributed by atoms with Crippen molar-refractivity contribution in [2.24, 2.45) is 5.92 Å². The number of aromatic nitrogens is 1. The van der Waals surface area contributed by atoms with Crippen LogP contribution in [0.2, 0.25) is 0 Å². The van der Waals surface area contributed by atoms with Crippen LogP contribution >= 0.6 is 27.7 Å². The maximum absolute atomic E-state index is 11.7. The molecule has 0 spiro atoms. The molecule has 3 nitrogen and oxygen atoms in total. The van der Waals surface area contributed by atoms with E-state index in [4.69, 9.17) is 0 Å². The van der Waals surface area contributed by atoms with Gasteiger partial charge in [-0.15, -0.1) is 0 Å². The first-order valence-corrected chi connectivity index (χ1v) is 7.21. The number of pyridine rings is 1. The van der Waals surface area contributed by atoms with Crippen molar-refractivity contribution in [1.29, 1.82) is 0 Å². The number of thioether (sulfide) groups is 1. The maximum atomic E-state index is 11.7. The van der Waals surface area contributed by atoms with Crippen molar-refractivity contribution in [3.63, 3.8) is 0 Å². The molecule has 0 aliphatic rings. The number of carbonyl (C=O) groups is 1. The van der Waals surface area contributed by atoms with Gasteiger partial charge in [0.25, 0.3) is 5.91 Å². The summed E-state index contributed by atoms with van der Waals surface area (Å²) in [5.41, 5.74) is 0.597. The summed E-state index contributed by atoms with van der Waals surface area (Å²) in [6, 6.07) is 3.52. The quantitative estimate of drug-likeness (QED) is 0.850. The van der Waals surface area contributed by atoms with Crippen LogP contribution in [0.3, 0.4) is 0 Å². The van der Waals surface area contributed by atoms with Gasteiger partial charge < -0.3 is 5.32 Å². The van der Waals surface area contributed by atoms with Crippen LogP contribution in [0.1, 0.15) is 17.3 Å². The molecule has 0 fully saturated rings. The fourth-order valence-electron chi connectivity index (χ4n) is 1.22. The van der Waals surface area contributed by atoms with E-state index in [-0.39, 0.29) is 5.91 Å². The first-order valence-electron chi connectivity index (χ1n) is 5.02. The number of nitrogens with zero attached hydrogens (tertiary/aromatic N) is 1. The molecule has 0 aliphatic carbocycles. The summed E-state index contributed by atoms with van der Waals surface area (Å²) in [7, 11) is 0. The zero-order chi connectivity index (χ0) is 12.0. The summed E-state index contributed by atoms with van der Waals surface area (Å²) in [4.78, 5) is 15.7. The van der Waals surface area contributed by atoms with E-state index in [0.29, 0.717) is 18.0 Å². The molecule has 1 rings (SSSR count). The van der Waals surface area contributed by atoms with Gasteiger partial charge in [0.15, 0.2) is 0 Å². The van der Waals surface area contributed by atoms with Crippen molar-refractivity contribution in [1.82, 2.24) is 10.3 Å². The van der Waals surface area contributed by atoms with Crippen molar-refractivity contribution in [2.45, 2.75) is 6.92 Å². The lowest BCUT2D eigenvalue weighted by Crippen LogP contribution is -2.29. The van der Waals surface area contributed by atoms with E-state index in [9.17, 15) is 4.79 Å². The van der Waals surface area contributed by atoms with Crippen LogP contribution in [0, 0.1) is 5.92 Å². The molecule has 0 saturated carbocycles. The molecular formula is C11H15BrN2OS. The third-order valence-corrected chi connectivity index (χ3v) is 3.42. The fourth-order valence-corrected chi connectivity index (χ4v) is 2.14. The van der Waals surface area contributed by atoms with E-state index in [1.807, 2.05) is 0 Å². The predicted molar refractivity (Wildman–Crippen MR) is 71.8 cm³/mol. The number of hydrogen-bond donors (Lipinski definition) is 1. The van der Waals surface area contributed by atoms with Gasteiger partial charge in [-0.1, -0.05) is 6.92 Å². The Hall–Kier alpha value is -0.550. The van der Waals surface area contributed by atoms with Crippen LogP contribution in [0.4, 0.5) is 0 Å². The zero-order valence-corrected chi connectivity index (χ0v) is 11.8. The minimum Gasteiger partial charge on any atom is -0.352 e. The number of nitrogens with one attached hydrogen (secondary N) is 1. The molecule has 0 radical (unpaired) electrons. The second kappa shape index (κ2) is 6.91. The third-order valence-electron chi connectivity index (χ3n) is 2.05. The van der Waals surface area contributed by atoms with Gasteiger partial charge in [0.1, 0.15) is 4.60 Å². The average Bonchev–Trinajstić information content (AvgIpc) is 2.27. The van der Waals surface area contributed by atoms with Gasteiger partial charge in [-0.25, -0.2) is 4.98 Å². The summed E-state index contributed by atoms with van der Waals surface area (Å²) in [6.07, 6.45) is 3.63. The lowest BCUT2D eigenvalue weighted by molar-refractivity contribution is 0.0949. The molecule has 1 aromatic rings. The Morgan fingerprint density at radius 1 is 1.62 bits per heavy atom. The van der Waals surface area contributed by atoms with Gasteiger partial charge in [-0.2, -0.15) is 11.8 Å². The molecule has 1 unspecified atom stereocenters. The number of carbonyl (C=O) groups excluding carboxylic acids is 1. The molecule has 1 amide bonds. The Morgan fingerprint density at radius 3 is 2.94 bits per heavy atom. The molecule has 0 saturated heterocycles. The van der Waals surface area contributed by atoms with Gasteiger partial charge in [0.05, 0.1) is 5.56 Å². The van der Waals surface area contributed by atoms with Crippen molar-refractivity contribution >= 4 is 33.6 Å². The highest BCUT2D eigenvalue weighted by Gasteiger charge is 2.07. The SMILES string of the molecule is CSCC(C)CNC(=O)c1ccc(Br)nc1. The second-order valence-corrected chi connectivity index (χ2v) is 5.36. The summed E-state index contributed by atoms with van der Waals surface area (Å²) >= 11 is 5.02. The highest BCUT2D eigenvalue weighted by atomic mass is 79.9. The average molecular weight is 303 g/mol. The number of halogens is 1. The van der Waals surface area contributed by atoms with Crippen LogP contribution in [-0.4, -0.2) is 29.4 Å². The molecule has 1 aromatic heterocycles. The van der Waals surface area contributed by atoms with Crippen LogP contribution in [0.5, 0.6) is 0 Å². The van der Waals surface area contributed by atoms with Crippen molar-refractivity contribution in [2.75, 3.05) is 18.6 Å². The van der Waals surface area contributed by atoms with E-state index in [1.54, 1.807) is 30.1 Å². The van der Waals surface area contributed by atoms with E-state index < -0.39 is 0 Å². The predicted octanol–water partition coefficient (Wildman–Crippen LogP) is 2.57. The molecule has 0 aliphatic heterocycles. The lowest BCUT2D eigenvalue weighted by Gasteiger charge is -2.10. The normalized spacial score (nSPS) is 12.2. The van der Waals surface area contributed by atoms with E-state index >= 15 is 0 Å². The molecule has 1 N–H and O–H groups in total. The van der Waals surface area contributed by atoms with Gasteiger partial charge in [0, 0.05) is 12.7 Å².